The molecule has 264 valence electrons. The maximum absolute atomic E-state index is 12.3. The molecule has 0 aromatic heterocycles. The molecule has 10 atom stereocenters. The van der Waals surface area contributed by atoms with E-state index in [-0.39, 0.29) is 0 Å². The second kappa shape index (κ2) is 17.5. The predicted octanol–water partition coefficient (Wildman–Crippen LogP) is -0.831. The van der Waals surface area contributed by atoms with Gasteiger partial charge in [0.1, 0.15) is 31.5 Å². The molecule has 0 N–H and O–H groups in total. The monoisotopic (exact) mass is 678 g/mol. The molecule has 2 heterocycles. The summed E-state index contributed by atoms with van der Waals surface area (Å²) in [6.45, 7) is 7.06. The molecule has 0 radical (unpaired) electrons. The maximum Gasteiger partial charge on any atom is 0.305 e. The number of esters is 8. The highest BCUT2D eigenvalue weighted by Gasteiger charge is 2.58. The van der Waals surface area contributed by atoms with Gasteiger partial charge in [-0.05, 0) is 0 Å². The summed E-state index contributed by atoms with van der Waals surface area (Å²) in [5, 5.41) is 0. The Balaban J connectivity index is 2.75. The van der Waals surface area contributed by atoms with Gasteiger partial charge < -0.3 is 52.1 Å². The van der Waals surface area contributed by atoms with Crippen molar-refractivity contribution in [1.29, 1.82) is 0 Å². The quantitative estimate of drug-likeness (QED) is 0.181. The van der Waals surface area contributed by atoms with E-state index in [2.05, 4.69) is 0 Å². The second-order valence-corrected chi connectivity index (χ2v) is 10.3. The highest BCUT2D eigenvalue weighted by molar-refractivity contribution is 5.69. The van der Waals surface area contributed by atoms with E-state index in [0.29, 0.717) is 0 Å². The fraction of sp³-hybridized carbons (Fsp3) is 0.714. The summed E-state index contributed by atoms with van der Waals surface area (Å²) in [6.07, 6.45) is -16.4. The SMILES string of the molecule is CC(=O)OCC1O[C@@H](O[C@@H]2[C@H](OC(C)=O)[C@@H](OC(C)=O)OC(COC(C)=O)[C@H]2OC(C)=O)[C@@H](OC(C)=O)[C@@H](OC(C)=O)[C@@H]1OC(C)=O. The fourth-order valence-electron chi connectivity index (χ4n) is 4.73. The van der Waals surface area contributed by atoms with Gasteiger partial charge in [-0.15, -0.1) is 0 Å². The molecule has 0 amide bonds. The van der Waals surface area contributed by atoms with Crippen LogP contribution in [0.1, 0.15) is 55.4 Å². The van der Waals surface area contributed by atoms with Crippen LogP contribution in [-0.2, 0) is 90.5 Å². The van der Waals surface area contributed by atoms with Gasteiger partial charge in [-0.2, -0.15) is 0 Å². The molecule has 0 aromatic carbocycles. The molecule has 0 aromatic rings. The molecule has 0 bridgehead atoms. The van der Waals surface area contributed by atoms with E-state index in [1.165, 1.54) is 0 Å². The maximum atomic E-state index is 12.3. The number of carbonyl (C=O) groups excluding carboxylic acids is 8. The smallest absolute Gasteiger partial charge is 0.305 e. The summed E-state index contributed by atoms with van der Waals surface area (Å²) in [7, 11) is 0. The van der Waals surface area contributed by atoms with Gasteiger partial charge in [-0.3, -0.25) is 38.4 Å². The van der Waals surface area contributed by atoms with Crippen LogP contribution in [0.15, 0.2) is 0 Å². The third-order valence-electron chi connectivity index (χ3n) is 6.17. The Kier molecular flexibility index (Phi) is 14.5. The summed E-state index contributed by atoms with van der Waals surface area (Å²) < 4.78 is 60.2. The van der Waals surface area contributed by atoms with E-state index in [0.717, 1.165) is 55.4 Å². The van der Waals surface area contributed by atoms with Gasteiger partial charge in [0, 0.05) is 55.4 Å². The third kappa shape index (κ3) is 12.1. The molecular formula is C28H38O19. The number of rotatable bonds is 12. The number of carbonyl (C=O) groups is 8. The zero-order valence-electron chi connectivity index (χ0n) is 26.9. The minimum atomic E-state index is -1.86. The topological polar surface area (TPSA) is 238 Å². The van der Waals surface area contributed by atoms with Crippen molar-refractivity contribution in [3.8, 4) is 0 Å². The van der Waals surface area contributed by atoms with Crippen LogP contribution in [0.2, 0.25) is 0 Å². The molecule has 19 heteroatoms. The first-order valence-corrected chi connectivity index (χ1v) is 14.2. The van der Waals surface area contributed by atoms with Crippen LogP contribution >= 0.6 is 0 Å². The molecule has 2 rings (SSSR count). The highest BCUT2D eigenvalue weighted by Crippen LogP contribution is 2.35. The van der Waals surface area contributed by atoms with Crippen molar-refractivity contribution in [2.45, 2.75) is 117 Å². The molecular weight excluding hydrogens is 640 g/mol. The van der Waals surface area contributed by atoms with E-state index >= 15 is 0 Å². The molecule has 2 fully saturated rings. The molecule has 2 aliphatic rings. The van der Waals surface area contributed by atoms with Gasteiger partial charge in [0.25, 0.3) is 0 Å². The first-order chi connectivity index (χ1) is 21.9. The molecule has 0 saturated carbocycles. The van der Waals surface area contributed by atoms with Crippen molar-refractivity contribution in [2.24, 2.45) is 0 Å². The van der Waals surface area contributed by atoms with Crippen molar-refractivity contribution in [1.82, 2.24) is 0 Å². The van der Waals surface area contributed by atoms with Crippen LogP contribution < -0.4 is 0 Å². The number of hydrogen-bond acceptors (Lipinski definition) is 19. The van der Waals surface area contributed by atoms with Crippen molar-refractivity contribution < 1.29 is 90.5 Å². The van der Waals surface area contributed by atoms with Crippen LogP contribution in [0.3, 0.4) is 0 Å². The van der Waals surface area contributed by atoms with E-state index in [9.17, 15) is 38.4 Å². The van der Waals surface area contributed by atoms with Crippen molar-refractivity contribution in [3.05, 3.63) is 0 Å². The largest absolute Gasteiger partial charge is 0.463 e. The van der Waals surface area contributed by atoms with Gasteiger partial charge in [0.2, 0.25) is 6.29 Å². The Hall–Kier alpha value is -4.36. The number of hydrogen-bond donors (Lipinski definition) is 0. The predicted molar refractivity (Wildman–Crippen MR) is 145 cm³/mol. The number of ether oxygens (including phenoxy) is 11. The molecule has 47 heavy (non-hydrogen) atoms. The minimum Gasteiger partial charge on any atom is -0.463 e. The van der Waals surface area contributed by atoms with E-state index in [1.807, 2.05) is 0 Å². The standard InChI is InChI=1S/C28H38O19/c1-11(29)37-9-19-21(39-13(3)31)23(41-15(5)33)25(42-16(6)34)28(46-19)47-24-22(40-14(4)32)20(10-38-12(2)30)45-27(44-18(8)36)26(24)43-17(7)35/h19-28H,9-10H2,1-8H3/t19?,20?,21-,22-,23+,24+,25+,26+,27+,28+/m1/s1. The van der Waals surface area contributed by atoms with Gasteiger partial charge in [0.05, 0.1) is 0 Å². The summed E-state index contributed by atoms with van der Waals surface area (Å²) in [5.41, 5.74) is 0. The van der Waals surface area contributed by atoms with Crippen LogP contribution in [0.5, 0.6) is 0 Å². The van der Waals surface area contributed by atoms with Gasteiger partial charge in [-0.25, -0.2) is 0 Å². The van der Waals surface area contributed by atoms with Crippen LogP contribution in [0.25, 0.3) is 0 Å². The zero-order valence-corrected chi connectivity index (χ0v) is 26.9. The van der Waals surface area contributed by atoms with E-state index in [1.54, 1.807) is 0 Å². The van der Waals surface area contributed by atoms with Gasteiger partial charge in [0.15, 0.2) is 36.8 Å². The Bertz CT molecular complexity index is 1200. The van der Waals surface area contributed by atoms with Gasteiger partial charge in [-0.1, -0.05) is 0 Å². The lowest BCUT2D eigenvalue weighted by atomic mass is 9.96. The van der Waals surface area contributed by atoms with Crippen molar-refractivity contribution >= 4 is 47.8 Å². The summed E-state index contributed by atoms with van der Waals surface area (Å²) >= 11 is 0. The Morgan fingerprint density at radius 2 is 0.702 bits per heavy atom. The van der Waals surface area contributed by atoms with Crippen LogP contribution in [0, 0.1) is 0 Å². The summed E-state index contributed by atoms with van der Waals surface area (Å²) in [4.78, 5) is 96.4. The lowest BCUT2D eigenvalue weighted by molar-refractivity contribution is -0.358. The Morgan fingerprint density at radius 1 is 0.383 bits per heavy atom. The Labute approximate surface area is 268 Å². The first-order valence-electron chi connectivity index (χ1n) is 14.2. The summed E-state index contributed by atoms with van der Waals surface area (Å²) in [5.74, 6) is -7.04. The van der Waals surface area contributed by atoms with Gasteiger partial charge >= 0.3 is 47.8 Å². The highest BCUT2D eigenvalue weighted by atomic mass is 16.8. The fourth-order valence-corrected chi connectivity index (χ4v) is 4.73. The average Bonchev–Trinajstić information content (AvgIpc) is 2.91. The first kappa shape index (κ1) is 38.8. The lowest BCUT2D eigenvalue weighted by Gasteiger charge is -2.48. The second-order valence-electron chi connectivity index (χ2n) is 10.3. The molecule has 19 nitrogen and oxygen atoms in total. The van der Waals surface area contributed by atoms with Crippen LogP contribution in [-0.4, -0.2) is 122 Å². The lowest BCUT2D eigenvalue weighted by Crippen LogP contribution is -2.67. The zero-order chi connectivity index (χ0) is 35.6. The Morgan fingerprint density at radius 3 is 1.09 bits per heavy atom. The van der Waals surface area contributed by atoms with Crippen molar-refractivity contribution in [3.63, 3.8) is 0 Å². The summed E-state index contributed by atoms with van der Waals surface area (Å²) in [6, 6.07) is 0. The molecule has 2 saturated heterocycles. The minimum absolute atomic E-state index is 0.587. The average molecular weight is 679 g/mol. The molecule has 2 aliphatic heterocycles. The normalized spacial score (nSPS) is 30.0. The molecule has 0 spiro atoms. The van der Waals surface area contributed by atoms with E-state index < -0.39 is 122 Å². The van der Waals surface area contributed by atoms with Crippen LogP contribution in [0.4, 0.5) is 0 Å². The third-order valence-corrected chi connectivity index (χ3v) is 6.17. The van der Waals surface area contributed by atoms with E-state index in [4.69, 9.17) is 52.1 Å². The van der Waals surface area contributed by atoms with Crippen molar-refractivity contribution in [2.75, 3.05) is 13.2 Å². The molecule has 0 aliphatic carbocycles. The molecule has 2 unspecified atom stereocenters.